The summed E-state index contributed by atoms with van der Waals surface area (Å²) in [5, 5.41) is 14.6. The van der Waals surface area contributed by atoms with Crippen LogP contribution in [0.15, 0.2) is 58.8 Å². The quantitative estimate of drug-likeness (QED) is 0.291. The number of esters is 1. The Bertz CT molecular complexity index is 985. The zero-order valence-electron chi connectivity index (χ0n) is 16.2. The van der Waals surface area contributed by atoms with Gasteiger partial charge in [-0.25, -0.2) is 4.79 Å². The molecular weight excluding hydrogens is 408 g/mol. The van der Waals surface area contributed by atoms with Gasteiger partial charge in [-0.15, -0.1) is 10.2 Å². The second kappa shape index (κ2) is 10.2. The van der Waals surface area contributed by atoms with Gasteiger partial charge in [0.1, 0.15) is 0 Å². The standard InChI is InChI=1S/C21H21ClN4O2S/c1-3-4-19-24-25-21(29-14-16-7-11-18(22)12-8-16)26(19)23-13-15-5-9-17(10-6-15)20(27)28-2/h5-13H,3-4,14H2,1-2H3/b23-13-. The van der Waals surface area contributed by atoms with Crippen molar-refractivity contribution >= 4 is 35.5 Å². The fraction of sp³-hybridized carbons (Fsp3) is 0.238. The van der Waals surface area contributed by atoms with Gasteiger partial charge in [-0.05, 0) is 41.8 Å². The lowest BCUT2D eigenvalue weighted by Gasteiger charge is -2.04. The highest BCUT2D eigenvalue weighted by atomic mass is 35.5. The first-order valence-electron chi connectivity index (χ1n) is 9.15. The Morgan fingerprint density at radius 1 is 1.17 bits per heavy atom. The third kappa shape index (κ3) is 5.68. The number of halogens is 1. The van der Waals surface area contributed by atoms with Gasteiger partial charge in [-0.1, -0.05) is 54.6 Å². The van der Waals surface area contributed by atoms with E-state index in [1.54, 1.807) is 34.8 Å². The number of hydrogen-bond acceptors (Lipinski definition) is 6. The number of carbonyl (C=O) groups excluding carboxylic acids is 1. The maximum absolute atomic E-state index is 11.6. The number of rotatable bonds is 8. The van der Waals surface area contributed by atoms with E-state index in [4.69, 9.17) is 16.3 Å². The van der Waals surface area contributed by atoms with E-state index in [0.717, 1.165) is 45.7 Å². The second-order valence-corrected chi connectivity index (χ2v) is 7.61. The highest BCUT2D eigenvalue weighted by molar-refractivity contribution is 7.98. The smallest absolute Gasteiger partial charge is 0.337 e. The number of methoxy groups -OCH3 is 1. The Hall–Kier alpha value is -2.64. The van der Waals surface area contributed by atoms with Crippen molar-refractivity contribution in [3.8, 4) is 0 Å². The highest BCUT2D eigenvalue weighted by Crippen LogP contribution is 2.23. The maximum atomic E-state index is 11.6. The van der Waals surface area contributed by atoms with Crippen LogP contribution in [0.2, 0.25) is 5.02 Å². The summed E-state index contributed by atoms with van der Waals surface area (Å²) in [6.07, 6.45) is 3.46. The Morgan fingerprint density at radius 2 is 1.90 bits per heavy atom. The van der Waals surface area contributed by atoms with Crippen LogP contribution >= 0.6 is 23.4 Å². The number of nitrogens with zero attached hydrogens (tertiary/aromatic N) is 4. The molecule has 0 bridgehead atoms. The average molecular weight is 429 g/mol. The SMILES string of the molecule is CCCc1nnc(SCc2ccc(Cl)cc2)n1/N=C\c1ccc(C(=O)OC)cc1. The van der Waals surface area contributed by atoms with Crippen LogP contribution in [0.3, 0.4) is 0 Å². The molecule has 1 heterocycles. The van der Waals surface area contributed by atoms with E-state index in [1.165, 1.54) is 7.11 Å². The minimum atomic E-state index is -0.363. The summed E-state index contributed by atoms with van der Waals surface area (Å²) in [6, 6.07) is 14.8. The molecule has 0 saturated heterocycles. The fourth-order valence-electron chi connectivity index (χ4n) is 2.56. The number of hydrogen-bond donors (Lipinski definition) is 0. The zero-order valence-corrected chi connectivity index (χ0v) is 17.8. The van der Waals surface area contributed by atoms with E-state index in [1.807, 2.05) is 36.4 Å². The van der Waals surface area contributed by atoms with E-state index in [-0.39, 0.29) is 5.97 Å². The number of ether oxygens (including phenoxy) is 1. The molecule has 3 rings (SSSR count). The number of aryl methyl sites for hydroxylation is 1. The number of carbonyl (C=O) groups is 1. The normalized spacial score (nSPS) is 11.1. The molecule has 0 amide bonds. The molecule has 3 aromatic rings. The van der Waals surface area contributed by atoms with Gasteiger partial charge in [0, 0.05) is 17.2 Å². The number of thioether (sulfide) groups is 1. The van der Waals surface area contributed by atoms with Gasteiger partial charge in [0.05, 0.1) is 18.9 Å². The molecule has 8 heteroatoms. The molecule has 0 aliphatic carbocycles. The van der Waals surface area contributed by atoms with Crippen LogP contribution in [0.25, 0.3) is 0 Å². The summed E-state index contributed by atoms with van der Waals surface area (Å²) in [6.45, 7) is 2.09. The Balaban J connectivity index is 1.77. The summed E-state index contributed by atoms with van der Waals surface area (Å²) in [4.78, 5) is 11.6. The predicted octanol–water partition coefficient (Wildman–Crippen LogP) is 4.85. The molecule has 0 aliphatic heterocycles. The molecule has 1 aromatic heterocycles. The maximum Gasteiger partial charge on any atom is 0.337 e. The molecule has 0 atom stereocenters. The van der Waals surface area contributed by atoms with Gasteiger partial charge in [0.2, 0.25) is 5.16 Å². The van der Waals surface area contributed by atoms with Gasteiger partial charge >= 0.3 is 5.97 Å². The van der Waals surface area contributed by atoms with Crippen molar-refractivity contribution in [3.63, 3.8) is 0 Å². The summed E-state index contributed by atoms with van der Waals surface area (Å²) < 4.78 is 6.50. The van der Waals surface area contributed by atoms with Gasteiger partial charge in [0.25, 0.3) is 0 Å². The van der Waals surface area contributed by atoms with Crippen molar-refractivity contribution in [2.24, 2.45) is 5.10 Å². The van der Waals surface area contributed by atoms with Gasteiger partial charge in [-0.2, -0.15) is 9.78 Å². The van der Waals surface area contributed by atoms with E-state index in [2.05, 4.69) is 22.2 Å². The van der Waals surface area contributed by atoms with Crippen molar-refractivity contribution in [1.82, 2.24) is 14.9 Å². The lowest BCUT2D eigenvalue weighted by molar-refractivity contribution is 0.0600. The largest absolute Gasteiger partial charge is 0.465 e. The zero-order chi connectivity index (χ0) is 20.6. The summed E-state index contributed by atoms with van der Waals surface area (Å²) in [5.41, 5.74) is 2.51. The van der Waals surface area contributed by atoms with Crippen LogP contribution < -0.4 is 0 Å². The highest BCUT2D eigenvalue weighted by Gasteiger charge is 2.12. The van der Waals surface area contributed by atoms with Crippen LogP contribution in [0, 0.1) is 0 Å². The molecule has 2 aromatic carbocycles. The lowest BCUT2D eigenvalue weighted by atomic mass is 10.1. The van der Waals surface area contributed by atoms with Crippen molar-refractivity contribution in [3.05, 3.63) is 76.1 Å². The summed E-state index contributed by atoms with van der Waals surface area (Å²) in [7, 11) is 1.36. The number of benzene rings is 2. The Morgan fingerprint density at radius 3 is 2.55 bits per heavy atom. The molecule has 0 N–H and O–H groups in total. The predicted molar refractivity (Wildman–Crippen MR) is 116 cm³/mol. The monoisotopic (exact) mass is 428 g/mol. The van der Waals surface area contributed by atoms with E-state index >= 15 is 0 Å². The molecule has 0 aliphatic rings. The molecule has 0 radical (unpaired) electrons. The van der Waals surface area contributed by atoms with E-state index in [0.29, 0.717) is 5.56 Å². The van der Waals surface area contributed by atoms with Crippen LogP contribution in [0.5, 0.6) is 0 Å². The lowest BCUT2D eigenvalue weighted by Crippen LogP contribution is -2.02. The number of aromatic nitrogens is 3. The molecule has 0 unspecified atom stereocenters. The Labute approximate surface area is 178 Å². The Kier molecular flexibility index (Phi) is 7.43. The third-order valence-electron chi connectivity index (χ3n) is 4.09. The minimum Gasteiger partial charge on any atom is -0.465 e. The van der Waals surface area contributed by atoms with Crippen LogP contribution in [-0.4, -0.2) is 34.2 Å². The molecular formula is C21H21ClN4O2S. The molecule has 150 valence electrons. The second-order valence-electron chi connectivity index (χ2n) is 6.23. The first-order chi connectivity index (χ1) is 14.1. The van der Waals surface area contributed by atoms with E-state index in [9.17, 15) is 4.79 Å². The first kappa shape index (κ1) is 21.1. The topological polar surface area (TPSA) is 69.4 Å². The van der Waals surface area contributed by atoms with Crippen LogP contribution in [-0.2, 0) is 16.9 Å². The van der Waals surface area contributed by atoms with E-state index < -0.39 is 0 Å². The molecule has 29 heavy (non-hydrogen) atoms. The fourth-order valence-corrected chi connectivity index (χ4v) is 3.54. The minimum absolute atomic E-state index is 0.363. The summed E-state index contributed by atoms with van der Waals surface area (Å²) in [5.74, 6) is 1.19. The van der Waals surface area contributed by atoms with Gasteiger partial charge in [0.15, 0.2) is 5.82 Å². The summed E-state index contributed by atoms with van der Waals surface area (Å²) >= 11 is 7.52. The average Bonchev–Trinajstić information content (AvgIpc) is 3.13. The van der Waals surface area contributed by atoms with Gasteiger partial charge < -0.3 is 4.74 Å². The van der Waals surface area contributed by atoms with Crippen molar-refractivity contribution in [2.45, 2.75) is 30.7 Å². The molecule has 6 nitrogen and oxygen atoms in total. The third-order valence-corrected chi connectivity index (χ3v) is 5.33. The van der Waals surface area contributed by atoms with Gasteiger partial charge in [-0.3, -0.25) is 0 Å². The molecule has 0 fully saturated rings. The molecule has 0 saturated carbocycles. The van der Waals surface area contributed by atoms with Crippen LogP contribution in [0.4, 0.5) is 0 Å². The molecule has 0 spiro atoms. The van der Waals surface area contributed by atoms with Crippen LogP contribution in [0.1, 0.15) is 40.7 Å². The van der Waals surface area contributed by atoms with Crippen molar-refractivity contribution in [1.29, 1.82) is 0 Å². The first-order valence-corrected chi connectivity index (χ1v) is 10.5. The van der Waals surface area contributed by atoms with Crippen molar-refractivity contribution < 1.29 is 9.53 Å². The van der Waals surface area contributed by atoms with Crippen molar-refractivity contribution in [2.75, 3.05) is 7.11 Å².